The number of ketones is 1. The van der Waals surface area contributed by atoms with E-state index in [4.69, 9.17) is 10.00 Å². The second kappa shape index (κ2) is 9.80. The number of nitrogens with zero attached hydrogens (tertiary/aromatic N) is 2. The molecule has 2 rings (SSSR count). The number of amides is 1. The summed E-state index contributed by atoms with van der Waals surface area (Å²) in [6.07, 6.45) is 2.10. The molecule has 6 nitrogen and oxygen atoms in total. The van der Waals surface area contributed by atoms with Gasteiger partial charge in [-0.05, 0) is 44.0 Å². The summed E-state index contributed by atoms with van der Waals surface area (Å²) in [6.45, 7) is 4.58. The van der Waals surface area contributed by atoms with Gasteiger partial charge in [0.2, 0.25) is 5.91 Å². The number of carbonyl (C=O) groups excluding carboxylic acids is 2. The summed E-state index contributed by atoms with van der Waals surface area (Å²) in [5.41, 5.74) is 0.598. The predicted octanol–water partition coefficient (Wildman–Crippen LogP) is 2.15. The van der Waals surface area contributed by atoms with E-state index in [0.29, 0.717) is 18.7 Å². The smallest absolute Gasteiger partial charge is 0.220 e. The van der Waals surface area contributed by atoms with Crippen LogP contribution < -0.4 is 10.1 Å². The van der Waals surface area contributed by atoms with Gasteiger partial charge in [0.05, 0.1) is 19.2 Å². The van der Waals surface area contributed by atoms with Crippen molar-refractivity contribution in [2.24, 2.45) is 0 Å². The molecular weight excluding hydrogens is 318 g/mol. The van der Waals surface area contributed by atoms with Crippen LogP contribution in [0.4, 0.5) is 0 Å². The van der Waals surface area contributed by atoms with Gasteiger partial charge in [0.25, 0.3) is 0 Å². The normalized spacial score (nSPS) is 15.4. The Balaban J connectivity index is 1.71. The summed E-state index contributed by atoms with van der Waals surface area (Å²) in [4.78, 5) is 26.3. The fraction of sp³-hybridized carbons (Fsp3) is 0.526. The maximum absolute atomic E-state index is 12.2. The van der Waals surface area contributed by atoms with E-state index in [1.807, 2.05) is 6.92 Å². The SMILES string of the molecule is CCOc1ccc(C(=O)CCC(=O)NC2CCN(CC#N)CC2)cc1. The molecule has 1 aromatic carbocycles. The number of nitriles is 1. The molecule has 1 aromatic rings. The number of hydrogen-bond acceptors (Lipinski definition) is 5. The van der Waals surface area contributed by atoms with E-state index in [-0.39, 0.29) is 30.6 Å². The molecule has 25 heavy (non-hydrogen) atoms. The predicted molar refractivity (Wildman–Crippen MR) is 94.4 cm³/mol. The molecule has 0 unspecified atom stereocenters. The number of likely N-dealkylation sites (tertiary alicyclic amines) is 1. The van der Waals surface area contributed by atoms with Crippen molar-refractivity contribution in [3.05, 3.63) is 29.8 Å². The molecule has 0 bridgehead atoms. The van der Waals surface area contributed by atoms with Crippen molar-refractivity contribution < 1.29 is 14.3 Å². The Morgan fingerprint density at radius 1 is 1.24 bits per heavy atom. The standard InChI is InChI=1S/C19H25N3O3/c1-2-25-17-5-3-15(4-6-17)18(23)7-8-19(24)21-16-9-12-22(13-10-16)14-11-20/h3-6,16H,2,7-10,12-14H2,1H3,(H,21,24). The Hall–Kier alpha value is -2.39. The highest BCUT2D eigenvalue weighted by Gasteiger charge is 2.20. The molecule has 0 spiro atoms. The Kier molecular flexibility index (Phi) is 7.42. The molecule has 1 aliphatic heterocycles. The molecule has 1 amide bonds. The number of carbonyl (C=O) groups is 2. The first kappa shape index (κ1) is 18.9. The lowest BCUT2D eigenvalue weighted by Gasteiger charge is -2.30. The van der Waals surface area contributed by atoms with Crippen molar-refractivity contribution in [3.8, 4) is 11.8 Å². The summed E-state index contributed by atoms with van der Waals surface area (Å²) in [5, 5.41) is 11.7. The first-order valence-corrected chi connectivity index (χ1v) is 8.77. The van der Waals surface area contributed by atoms with Gasteiger partial charge in [-0.1, -0.05) is 0 Å². The van der Waals surface area contributed by atoms with Gasteiger partial charge in [-0.15, -0.1) is 0 Å². The molecule has 1 fully saturated rings. The molecule has 0 aromatic heterocycles. The van der Waals surface area contributed by atoms with Crippen LogP contribution in [-0.4, -0.2) is 48.9 Å². The van der Waals surface area contributed by atoms with E-state index in [1.54, 1.807) is 24.3 Å². The highest BCUT2D eigenvalue weighted by molar-refractivity contribution is 5.98. The average molecular weight is 343 g/mol. The van der Waals surface area contributed by atoms with Crippen molar-refractivity contribution in [2.45, 2.75) is 38.6 Å². The third-order valence-corrected chi connectivity index (χ3v) is 4.31. The third kappa shape index (κ3) is 6.20. The lowest BCUT2D eigenvalue weighted by molar-refractivity contribution is -0.122. The molecule has 0 aliphatic carbocycles. The monoisotopic (exact) mass is 343 g/mol. The Morgan fingerprint density at radius 2 is 1.92 bits per heavy atom. The van der Waals surface area contributed by atoms with Crippen LogP contribution in [0, 0.1) is 11.3 Å². The van der Waals surface area contributed by atoms with Crippen LogP contribution in [0.3, 0.4) is 0 Å². The fourth-order valence-corrected chi connectivity index (χ4v) is 2.91. The molecular formula is C19H25N3O3. The topological polar surface area (TPSA) is 82.4 Å². The lowest BCUT2D eigenvalue weighted by atomic mass is 10.0. The number of nitrogens with one attached hydrogen (secondary N) is 1. The van der Waals surface area contributed by atoms with E-state index in [1.165, 1.54) is 0 Å². The molecule has 134 valence electrons. The minimum Gasteiger partial charge on any atom is -0.494 e. The van der Waals surface area contributed by atoms with Crippen molar-refractivity contribution in [2.75, 3.05) is 26.2 Å². The van der Waals surface area contributed by atoms with Gasteiger partial charge >= 0.3 is 0 Å². The molecule has 1 N–H and O–H groups in total. The van der Waals surface area contributed by atoms with Crippen LogP contribution in [0.5, 0.6) is 5.75 Å². The lowest BCUT2D eigenvalue weighted by Crippen LogP contribution is -2.44. The van der Waals surface area contributed by atoms with Crippen molar-refractivity contribution in [1.29, 1.82) is 5.26 Å². The number of benzene rings is 1. The van der Waals surface area contributed by atoms with Gasteiger partial charge in [0.1, 0.15) is 5.75 Å². The number of Topliss-reactive ketones (excluding diaryl/α,β-unsaturated/α-hetero) is 1. The van der Waals surface area contributed by atoms with Crippen LogP contribution in [0.25, 0.3) is 0 Å². The minimum atomic E-state index is -0.0852. The van der Waals surface area contributed by atoms with Crippen LogP contribution >= 0.6 is 0 Å². The van der Waals surface area contributed by atoms with E-state index < -0.39 is 0 Å². The first-order chi connectivity index (χ1) is 12.1. The second-order valence-electron chi connectivity index (χ2n) is 6.16. The third-order valence-electron chi connectivity index (χ3n) is 4.31. The zero-order chi connectivity index (χ0) is 18.1. The van der Waals surface area contributed by atoms with Crippen molar-refractivity contribution in [3.63, 3.8) is 0 Å². The van der Waals surface area contributed by atoms with Crippen LogP contribution in [-0.2, 0) is 4.79 Å². The summed E-state index contributed by atoms with van der Waals surface area (Å²) < 4.78 is 5.35. The van der Waals surface area contributed by atoms with E-state index in [0.717, 1.165) is 31.7 Å². The van der Waals surface area contributed by atoms with Gasteiger partial charge in [-0.3, -0.25) is 14.5 Å². The molecule has 6 heteroatoms. The van der Waals surface area contributed by atoms with Crippen molar-refractivity contribution in [1.82, 2.24) is 10.2 Å². The molecule has 1 aliphatic rings. The quantitative estimate of drug-likeness (QED) is 0.578. The number of rotatable bonds is 8. The van der Waals surface area contributed by atoms with Gasteiger partial charge in [-0.25, -0.2) is 0 Å². The summed E-state index contributed by atoms with van der Waals surface area (Å²) in [6, 6.07) is 9.29. The van der Waals surface area contributed by atoms with Gasteiger partial charge in [0, 0.05) is 37.5 Å². The average Bonchev–Trinajstić information content (AvgIpc) is 2.62. The molecule has 0 radical (unpaired) electrons. The Labute approximate surface area is 148 Å². The van der Waals surface area contributed by atoms with Gasteiger partial charge < -0.3 is 10.1 Å². The van der Waals surface area contributed by atoms with Crippen LogP contribution in [0.1, 0.15) is 43.0 Å². The molecule has 0 atom stereocenters. The minimum absolute atomic E-state index is 0.0398. The number of ether oxygens (including phenoxy) is 1. The van der Waals surface area contributed by atoms with Gasteiger partial charge in [-0.2, -0.15) is 5.26 Å². The second-order valence-corrected chi connectivity index (χ2v) is 6.16. The largest absolute Gasteiger partial charge is 0.494 e. The fourth-order valence-electron chi connectivity index (χ4n) is 2.91. The Morgan fingerprint density at radius 3 is 2.52 bits per heavy atom. The van der Waals surface area contributed by atoms with Crippen LogP contribution in [0.15, 0.2) is 24.3 Å². The van der Waals surface area contributed by atoms with Gasteiger partial charge in [0.15, 0.2) is 5.78 Å². The number of piperidine rings is 1. The maximum atomic E-state index is 12.2. The van der Waals surface area contributed by atoms with E-state index in [9.17, 15) is 9.59 Å². The highest BCUT2D eigenvalue weighted by atomic mass is 16.5. The highest BCUT2D eigenvalue weighted by Crippen LogP contribution is 2.14. The first-order valence-electron chi connectivity index (χ1n) is 8.77. The molecule has 1 saturated heterocycles. The molecule has 0 saturated carbocycles. The number of hydrogen-bond donors (Lipinski definition) is 1. The zero-order valence-corrected chi connectivity index (χ0v) is 14.7. The van der Waals surface area contributed by atoms with Crippen LogP contribution in [0.2, 0.25) is 0 Å². The Bertz CT molecular complexity index is 614. The van der Waals surface area contributed by atoms with E-state index >= 15 is 0 Å². The molecule has 1 heterocycles. The maximum Gasteiger partial charge on any atom is 0.220 e. The van der Waals surface area contributed by atoms with E-state index in [2.05, 4.69) is 16.3 Å². The zero-order valence-electron chi connectivity index (χ0n) is 14.7. The summed E-state index contributed by atoms with van der Waals surface area (Å²) in [7, 11) is 0. The summed E-state index contributed by atoms with van der Waals surface area (Å²) >= 11 is 0. The van der Waals surface area contributed by atoms with Crippen molar-refractivity contribution >= 4 is 11.7 Å². The summed E-state index contributed by atoms with van der Waals surface area (Å²) in [5.74, 6) is 0.611.